The number of thioether (sulfide) groups is 1. The Morgan fingerprint density at radius 1 is 1.12 bits per heavy atom. The van der Waals surface area contributed by atoms with E-state index in [2.05, 4.69) is 5.32 Å². The molecule has 2 fully saturated rings. The zero-order valence-electron chi connectivity index (χ0n) is 17.7. The Morgan fingerprint density at radius 2 is 1.82 bits per heavy atom. The van der Waals surface area contributed by atoms with Crippen molar-refractivity contribution in [3.8, 4) is 5.75 Å². The molecule has 4 rings (SSSR count). The van der Waals surface area contributed by atoms with Gasteiger partial charge in [0.1, 0.15) is 22.7 Å². The molecule has 172 valence electrons. The Labute approximate surface area is 204 Å². The van der Waals surface area contributed by atoms with E-state index < -0.39 is 36.2 Å². The second kappa shape index (κ2) is 10.0. The minimum Gasteiger partial charge on any atom is -0.508 e. The van der Waals surface area contributed by atoms with E-state index in [1.807, 2.05) is 36.4 Å². The van der Waals surface area contributed by atoms with Gasteiger partial charge in [0.15, 0.2) is 0 Å². The molecule has 0 unspecified atom stereocenters. The lowest BCUT2D eigenvalue weighted by Gasteiger charge is -2.21. The molecule has 2 aromatic rings. The largest absolute Gasteiger partial charge is 0.508 e. The third-order valence-corrected chi connectivity index (χ3v) is 6.49. The molecule has 2 heterocycles. The number of hydrogen-bond acceptors (Lipinski definition) is 7. The molecule has 2 saturated heterocycles. The van der Waals surface area contributed by atoms with Gasteiger partial charge in [0.05, 0.1) is 11.3 Å². The molecular formula is C24H19N3O5S2. The summed E-state index contributed by atoms with van der Waals surface area (Å²) in [7, 11) is 0. The van der Waals surface area contributed by atoms with Crippen LogP contribution in [-0.4, -0.2) is 55.4 Å². The molecule has 0 aromatic heterocycles. The van der Waals surface area contributed by atoms with Crippen LogP contribution in [0, 0.1) is 0 Å². The topological polar surface area (TPSA) is 107 Å². The summed E-state index contributed by atoms with van der Waals surface area (Å²) in [6, 6.07) is 14.2. The smallest absolute Gasteiger partial charge is 0.266 e. The molecule has 34 heavy (non-hydrogen) atoms. The van der Waals surface area contributed by atoms with Gasteiger partial charge in [0.25, 0.3) is 11.8 Å². The minimum atomic E-state index is -1.08. The molecule has 2 aliphatic heterocycles. The van der Waals surface area contributed by atoms with Crippen LogP contribution >= 0.6 is 24.0 Å². The fourth-order valence-electron chi connectivity index (χ4n) is 3.50. The van der Waals surface area contributed by atoms with Crippen molar-refractivity contribution in [1.82, 2.24) is 9.80 Å². The number of thiocarbonyl (C=S) groups is 1. The standard InChI is InChI=1S/C24H19N3O5S2/c28-17-11-9-16(10-12-17)25-20(29)14-26-21(30)13-18(22(26)31)27-23(32)19(34-24(27)33)8-4-7-15-5-2-1-3-6-15/h1-12,18,28H,13-14H2,(H,25,29)/b7-4+,19-8-/t18-/m0/s1. The number of phenolic OH excluding ortho intramolecular Hbond substituents is 1. The molecule has 0 radical (unpaired) electrons. The molecule has 1 atom stereocenters. The molecule has 0 spiro atoms. The van der Waals surface area contributed by atoms with Gasteiger partial charge in [0.2, 0.25) is 11.8 Å². The molecule has 4 amide bonds. The van der Waals surface area contributed by atoms with Gasteiger partial charge < -0.3 is 10.4 Å². The molecule has 2 aromatic carbocycles. The molecule has 0 saturated carbocycles. The first-order chi connectivity index (χ1) is 16.3. The average Bonchev–Trinajstić information content (AvgIpc) is 3.25. The summed E-state index contributed by atoms with van der Waals surface area (Å²) in [6.45, 7) is -0.487. The second-order valence-electron chi connectivity index (χ2n) is 7.48. The van der Waals surface area contributed by atoms with Crippen LogP contribution in [0.4, 0.5) is 5.69 Å². The molecule has 2 N–H and O–H groups in total. The van der Waals surface area contributed by atoms with Crippen molar-refractivity contribution in [2.45, 2.75) is 12.5 Å². The van der Waals surface area contributed by atoms with Crippen LogP contribution in [0.1, 0.15) is 12.0 Å². The number of allylic oxidation sites excluding steroid dienone is 2. The van der Waals surface area contributed by atoms with Gasteiger partial charge in [0, 0.05) is 5.69 Å². The lowest BCUT2D eigenvalue weighted by atomic mass is 10.2. The number of imide groups is 1. The highest BCUT2D eigenvalue weighted by Crippen LogP contribution is 2.35. The monoisotopic (exact) mass is 493 g/mol. The van der Waals surface area contributed by atoms with E-state index in [1.165, 1.54) is 24.3 Å². The molecule has 0 aliphatic carbocycles. The number of benzene rings is 2. The number of nitrogens with zero attached hydrogens (tertiary/aromatic N) is 2. The summed E-state index contributed by atoms with van der Waals surface area (Å²) in [5, 5.41) is 11.9. The number of carbonyl (C=O) groups is 4. The van der Waals surface area contributed by atoms with E-state index in [9.17, 15) is 24.3 Å². The van der Waals surface area contributed by atoms with E-state index in [1.54, 1.807) is 12.2 Å². The number of amides is 4. The van der Waals surface area contributed by atoms with Crippen LogP contribution in [0.5, 0.6) is 5.75 Å². The summed E-state index contributed by atoms with van der Waals surface area (Å²) in [4.78, 5) is 53.0. The molecule has 0 bridgehead atoms. The fraction of sp³-hybridized carbons (Fsp3) is 0.125. The maximum Gasteiger partial charge on any atom is 0.266 e. The van der Waals surface area contributed by atoms with E-state index >= 15 is 0 Å². The Bertz CT molecular complexity index is 1220. The Hall–Kier alpha value is -3.76. The van der Waals surface area contributed by atoms with Crippen molar-refractivity contribution in [3.63, 3.8) is 0 Å². The van der Waals surface area contributed by atoms with E-state index in [-0.39, 0.29) is 16.5 Å². The molecule has 2 aliphatic rings. The first kappa shape index (κ1) is 23.4. The maximum atomic E-state index is 12.9. The highest BCUT2D eigenvalue weighted by molar-refractivity contribution is 8.26. The van der Waals surface area contributed by atoms with Gasteiger partial charge in [-0.2, -0.15) is 0 Å². The van der Waals surface area contributed by atoms with Gasteiger partial charge in [-0.3, -0.25) is 29.0 Å². The summed E-state index contributed by atoms with van der Waals surface area (Å²) >= 11 is 6.37. The van der Waals surface area contributed by atoms with Gasteiger partial charge >= 0.3 is 0 Å². The summed E-state index contributed by atoms with van der Waals surface area (Å²) < 4.78 is 0.186. The van der Waals surface area contributed by atoms with Crippen molar-refractivity contribution in [2.75, 3.05) is 11.9 Å². The normalized spacial score (nSPS) is 19.6. The van der Waals surface area contributed by atoms with E-state index in [0.717, 1.165) is 27.1 Å². The number of anilines is 1. The van der Waals surface area contributed by atoms with Crippen molar-refractivity contribution >= 4 is 63.7 Å². The minimum absolute atomic E-state index is 0.0406. The number of nitrogens with one attached hydrogen (secondary N) is 1. The van der Waals surface area contributed by atoms with Gasteiger partial charge in [-0.15, -0.1) is 0 Å². The van der Waals surface area contributed by atoms with Crippen LogP contribution in [0.25, 0.3) is 6.08 Å². The first-order valence-corrected chi connectivity index (χ1v) is 11.5. The first-order valence-electron chi connectivity index (χ1n) is 10.3. The molecular weight excluding hydrogens is 474 g/mol. The van der Waals surface area contributed by atoms with E-state index in [4.69, 9.17) is 12.2 Å². The average molecular weight is 494 g/mol. The Kier molecular flexibility index (Phi) is 6.90. The maximum absolute atomic E-state index is 12.9. The third kappa shape index (κ3) is 5.08. The predicted molar refractivity (Wildman–Crippen MR) is 132 cm³/mol. The number of phenols is 1. The van der Waals surface area contributed by atoms with Gasteiger partial charge in [-0.1, -0.05) is 66.5 Å². The van der Waals surface area contributed by atoms with E-state index in [0.29, 0.717) is 10.6 Å². The van der Waals surface area contributed by atoms with Crippen molar-refractivity contribution in [2.24, 2.45) is 0 Å². The lowest BCUT2D eigenvalue weighted by molar-refractivity contribution is -0.143. The number of rotatable bonds is 6. The van der Waals surface area contributed by atoms with Gasteiger partial charge in [-0.05, 0) is 35.9 Å². The molecule has 10 heteroatoms. The Morgan fingerprint density at radius 3 is 2.53 bits per heavy atom. The highest BCUT2D eigenvalue weighted by Gasteiger charge is 2.48. The quantitative estimate of drug-likeness (QED) is 0.276. The summed E-state index contributed by atoms with van der Waals surface area (Å²) in [5.74, 6) is -2.20. The number of aromatic hydroxyl groups is 1. The van der Waals surface area contributed by atoms with Crippen LogP contribution in [0.15, 0.2) is 71.7 Å². The summed E-state index contributed by atoms with van der Waals surface area (Å²) in [6.07, 6.45) is 4.94. The van der Waals surface area contributed by atoms with Crippen LogP contribution < -0.4 is 5.32 Å². The zero-order valence-corrected chi connectivity index (χ0v) is 19.3. The van der Waals surface area contributed by atoms with Crippen molar-refractivity contribution in [1.29, 1.82) is 0 Å². The van der Waals surface area contributed by atoms with Crippen molar-refractivity contribution < 1.29 is 24.3 Å². The van der Waals surface area contributed by atoms with Crippen molar-refractivity contribution in [3.05, 3.63) is 77.2 Å². The predicted octanol–water partition coefficient (Wildman–Crippen LogP) is 2.92. The lowest BCUT2D eigenvalue weighted by Crippen LogP contribution is -2.45. The summed E-state index contributed by atoms with van der Waals surface area (Å²) in [5.41, 5.74) is 1.37. The van der Waals surface area contributed by atoms with Crippen LogP contribution in [0.3, 0.4) is 0 Å². The molecule has 8 nitrogen and oxygen atoms in total. The zero-order chi connectivity index (χ0) is 24.2. The SMILES string of the molecule is O=C(CN1C(=O)C[C@H](N2C(=O)/C(=C/C=C/c3ccccc3)SC2=S)C1=O)Nc1ccc(O)cc1. The number of hydrogen-bond donors (Lipinski definition) is 2. The van der Waals surface area contributed by atoms with Crippen LogP contribution in [-0.2, 0) is 19.2 Å². The number of carbonyl (C=O) groups excluding carboxylic acids is 4. The Balaban J connectivity index is 1.42. The number of likely N-dealkylation sites (tertiary alicyclic amines) is 1. The highest BCUT2D eigenvalue weighted by atomic mass is 32.2. The fourth-order valence-corrected chi connectivity index (χ4v) is 4.80. The van der Waals surface area contributed by atoms with Gasteiger partial charge in [-0.25, -0.2) is 0 Å². The van der Waals surface area contributed by atoms with Crippen LogP contribution in [0.2, 0.25) is 0 Å². The second-order valence-corrected chi connectivity index (χ2v) is 9.15. The third-order valence-electron chi connectivity index (χ3n) is 5.14.